The Hall–Kier alpha value is -0.830. The second-order valence-electron chi connectivity index (χ2n) is 5.92. The first-order valence-corrected chi connectivity index (χ1v) is 6.43. The summed E-state index contributed by atoms with van der Waals surface area (Å²) in [6.45, 7) is 0. The van der Waals surface area contributed by atoms with E-state index in [9.17, 15) is 5.11 Å². The van der Waals surface area contributed by atoms with E-state index in [1.807, 2.05) is 19.3 Å². The predicted molar refractivity (Wildman–Crippen MR) is 59.5 cm³/mol. The van der Waals surface area contributed by atoms with Crippen molar-refractivity contribution in [3.05, 3.63) is 18.0 Å². The van der Waals surface area contributed by atoms with Crippen LogP contribution in [0.1, 0.15) is 31.1 Å². The molecule has 1 heterocycles. The van der Waals surface area contributed by atoms with Crippen LogP contribution in [-0.4, -0.2) is 14.9 Å². The highest BCUT2D eigenvalue weighted by Gasteiger charge is 2.67. The third kappa shape index (κ3) is 1.05. The SMILES string of the molecule is Cn1ccc(C(O)C2C3C4CCC(C4)C32)n1. The zero-order valence-electron chi connectivity index (χ0n) is 9.58. The molecule has 5 atom stereocenters. The molecule has 4 rings (SSSR count). The van der Waals surface area contributed by atoms with Crippen LogP contribution in [0, 0.1) is 29.6 Å². The highest BCUT2D eigenvalue weighted by atomic mass is 16.3. The van der Waals surface area contributed by atoms with Gasteiger partial charge in [0.25, 0.3) is 0 Å². The number of hydrogen-bond acceptors (Lipinski definition) is 2. The van der Waals surface area contributed by atoms with Crippen LogP contribution in [0.3, 0.4) is 0 Å². The molecule has 2 bridgehead atoms. The van der Waals surface area contributed by atoms with Gasteiger partial charge >= 0.3 is 0 Å². The minimum absolute atomic E-state index is 0.306. The average Bonchev–Trinajstić information content (AvgIpc) is 2.68. The molecule has 1 aromatic rings. The summed E-state index contributed by atoms with van der Waals surface area (Å²) in [7, 11) is 1.91. The van der Waals surface area contributed by atoms with Gasteiger partial charge in [0.2, 0.25) is 0 Å². The Labute approximate surface area is 95.5 Å². The number of nitrogens with zero attached hydrogens (tertiary/aromatic N) is 2. The first-order chi connectivity index (χ1) is 7.75. The smallest absolute Gasteiger partial charge is 0.101 e. The Morgan fingerprint density at radius 3 is 2.62 bits per heavy atom. The molecule has 3 aliphatic rings. The van der Waals surface area contributed by atoms with E-state index in [1.165, 1.54) is 19.3 Å². The monoisotopic (exact) mass is 218 g/mol. The largest absolute Gasteiger partial charge is 0.386 e. The van der Waals surface area contributed by atoms with Crippen molar-refractivity contribution in [1.82, 2.24) is 9.78 Å². The highest BCUT2D eigenvalue weighted by molar-refractivity contribution is 5.19. The van der Waals surface area contributed by atoms with Crippen LogP contribution in [0.25, 0.3) is 0 Å². The minimum Gasteiger partial charge on any atom is -0.386 e. The van der Waals surface area contributed by atoms with Crippen LogP contribution in [0.2, 0.25) is 0 Å². The summed E-state index contributed by atoms with van der Waals surface area (Å²) in [5, 5.41) is 14.7. The van der Waals surface area contributed by atoms with Gasteiger partial charge in [0.05, 0.1) is 5.69 Å². The molecule has 1 aromatic heterocycles. The molecule has 3 nitrogen and oxygen atoms in total. The van der Waals surface area contributed by atoms with Crippen LogP contribution < -0.4 is 0 Å². The molecule has 86 valence electrons. The molecule has 16 heavy (non-hydrogen) atoms. The molecule has 0 amide bonds. The molecule has 3 fully saturated rings. The van der Waals surface area contributed by atoms with Crippen molar-refractivity contribution in [2.75, 3.05) is 0 Å². The maximum atomic E-state index is 10.4. The number of aliphatic hydroxyl groups is 1. The summed E-state index contributed by atoms with van der Waals surface area (Å²) in [5.41, 5.74) is 0.876. The van der Waals surface area contributed by atoms with E-state index in [1.54, 1.807) is 4.68 Å². The van der Waals surface area contributed by atoms with Crippen molar-refractivity contribution in [3.8, 4) is 0 Å². The lowest BCUT2D eigenvalue weighted by Gasteiger charge is -2.12. The van der Waals surface area contributed by atoms with E-state index in [-0.39, 0.29) is 6.10 Å². The quantitative estimate of drug-likeness (QED) is 0.821. The minimum atomic E-state index is -0.306. The second kappa shape index (κ2) is 2.89. The van der Waals surface area contributed by atoms with Gasteiger partial charge in [-0.2, -0.15) is 5.10 Å². The Bertz CT molecular complexity index is 411. The first kappa shape index (κ1) is 9.23. The van der Waals surface area contributed by atoms with Crippen molar-refractivity contribution < 1.29 is 5.11 Å². The summed E-state index contributed by atoms with van der Waals surface area (Å²) >= 11 is 0. The summed E-state index contributed by atoms with van der Waals surface area (Å²) in [6, 6.07) is 1.96. The fraction of sp³-hybridized carbons (Fsp3) is 0.769. The topological polar surface area (TPSA) is 38.0 Å². The Morgan fingerprint density at radius 1 is 1.38 bits per heavy atom. The average molecular weight is 218 g/mol. The van der Waals surface area contributed by atoms with Crippen molar-refractivity contribution in [3.63, 3.8) is 0 Å². The third-order valence-corrected chi connectivity index (χ3v) is 5.20. The number of aliphatic hydroxyl groups excluding tert-OH is 1. The number of hydrogen-bond donors (Lipinski definition) is 1. The molecular formula is C13H18N2O. The number of aryl methyl sites for hydroxylation is 1. The first-order valence-electron chi connectivity index (χ1n) is 6.43. The molecule has 3 saturated carbocycles. The van der Waals surface area contributed by atoms with Gasteiger partial charge in [-0.05, 0) is 54.9 Å². The molecule has 0 aromatic carbocycles. The van der Waals surface area contributed by atoms with Gasteiger partial charge in [-0.15, -0.1) is 0 Å². The van der Waals surface area contributed by atoms with E-state index in [2.05, 4.69) is 5.10 Å². The maximum Gasteiger partial charge on any atom is 0.101 e. The predicted octanol–water partition coefficient (Wildman–Crippen LogP) is 1.75. The summed E-state index contributed by atoms with van der Waals surface area (Å²) in [4.78, 5) is 0. The van der Waals surface area contributed by atoms with E-state index < -0.39 is 0 Å². The molecular weight excluding hydrogens is 200 g/mol. The maximum absolute atomic E-state index is 10.4. The number of rotatable bonds is 2. The van der Waals surface area contributed by atoms with E-state index in [4.69, 9.17) is 0 Å². The zero-order chi connectivity index (χ0) is 10.9. The van der Waals surface area contributed by atoms with E-state index in [0.717, 1.165) is 29.4 Å². The molecule has 5 unspecified atom stereocenters. The molecule has 1 N–H and O–H groups in total. The van der Waals surface area contributed by atoms with Crippen molar-refractivity contribution in [1.29, 1.82) is 0 Å². The summed E-state index contributed by atoms with van der Waals surface area (Å²) in [5.74, 6) is 4.05. The van der Waals surface area contributed by atoms with Gasteiger partial charge in [-0.25, -0.2) is 0 Å². The van der Waals surface area contributed by atoms with Crippen molar-refractivity contribution in [2.24, 2.45) is 36.6 Å². The van der Waals surface area contributed by atoms with Gasteiger partial charge < -0.3 is 5.11 Å². The van der Waals surface area contributed by atoms with Crippen LogP contribution in [0.5, 0.6) is 0 Å². The van der Waals surface area contributed by atoms with Crippen molar-refractivity contribution >= 4 is 0 Å². The van der Waals surface area contributed by atoms with Gasteiger partial charge in [0.15, 0.2) is 0 Å². The van der Waals surface area contributed by atoms with Crippen LogP contribution in [0.4, 0.5) is 0 Å². The Kier molecular flexibility index (Phi) is 1.67. The molecule has 0 saturated heterocycles. The molecule has 3 heteroatoms. The Balaban J connectivity index is 1.57. The zero-order valence-corrected chi connectivity index (χ0v) is 9.58. The molecule has 0 spiro atoms. The van der Waals surface area contributed by atoms with Gasteiger partial charge in [-0.3, -0.25) is 4.68 Å². The summed E-state index contributed by atoms with van der Waals surface area (Å²) in [6.07, 6.45) is 5.89. The van der Waals surface area contributed by atoms with E-state index in [0.29, 0.717) is 5.92 Å². The van der Waals surface area contributed by atoms with Crippen LogP contribution >= 0.6 is 0 Å². The molecule has 0 radical (unpaired) electrons. The number of aromatic nitrogens is 2. The lowest BCUT2D eigenvalue weighted by atomic mass is 9.97. The fourth-order valence-corrected chi connectivity index (χ4v) is 4.60. The van der Waals surface area contributed by atoms with Gasteiger partial charge in [-0.1, -0.05) is 0 Å². The van der Waals surface area contributed by atoms with Crippen molar-refractivity contribution in [2.45, 2.75) is 25.4 Å². The second-order valence-corrected chi connectivity index (χ2v) is 5.92. The Morgan fingerprint density at radius 2 is 2.06 bits per heavy atom. The van der Waals surface area contributed by atoms with Gasteiger partial charge in [0.1, 0.15) is 6.10 Å². The van der Waals surface area contributed by atoms with Gasteiger partial charge in [0, 0.05) is 13.2 Å². The fourth-order valence-electron chi connectivity index (χ4n) is 4.60. The molecule has 3 aliphatic carbocycles. The van der Waals surface area contributed by atoms with E-state index >= 15 is 0 Å². The van der Waals surface area contributed by atoms with Crippen LogP contribution in [0.15, 0.2) is 12.3 Å². The lowest BCUT2D eigenvalue weighted by Crippen LogP contribution is -2.09. The molecule has 0 aliphatic heterocycles. The lowest BCUT2D eigenvalue weighted by molar-refractivity contribution is 0.125. The number of fused-ring (bicyclic) bond motifs is 5. The van der Waals surface area contributed by atoms with Crippen LogP contribution in [-0.2, 0) is 7.05 Å². The third-order valence-electron chi connectivity index (χ3n) is 5.20. The summed E-state index contributed by atoms with van der Waals surface area (Å²) < 4.78 is 1.78. The normalized spacial score (nSPS) is 45.8. The standard InChI is InChI=1S/C13H18N2O/c1-15-5-4-9(14-15)13(16)12-10-7-2-3-8(6-7)11(10)12/h4-5,7-8,10-13,16H,2-3,6H2,1H3. The highest BCUT2D eigenvalue weighted by Crippen LogP contribution is 2.72.